The number of nitrogens with one attached hydrogen (secondary N) is 1. The normalized spacial score (nSPS) is 21.2. The van der Waals surface area contributed by atoms with Gasteiger partial charge in [0.1, 0.15) is 0 Å². The Morgan fingerprint density at radius 3 is 3.14 bits per heavy atom. The number of rotatable bonds is 3. The van der Waals surface area contributed by atoms with Crippen molar-refractivity contribution < 1.29 is 14.6 Å². The predicted octanol–water partition coefficient (Wildman–Crippen LogP) is 1.72. The summed E-state index contributed by atoms with van der Waals surface area (Å²) < 4.78 is 5.48. The third kappa shape index (κ3) is 4.89. The number of carbonyl (C=O) groups is 1. The van der Waals surface area contributed by atoms with Crippen molar-refractivity contribution in [2.45, 2.75) is 38.3 Å². The van der Waals surface area contributed by atoms with Gasteiger partial charge < -0.3 is 15.2 Å². The molecule has 2 N–H and O–H groups in total. The van der Waals surface area contributed by atoms with Gasteiger partial charge in [0.15, 0.2) is 0 Å². The van der Waals surface area contributed by atoms with E-state index in [1.165, 1.54) is 0 Å². The minimum absolute atomic E-state index is 0.0507. The lowest BCUT2D eigenvalue weighted by Crippen LogP contribution is -2.41. The number of ether oxygens (including phenoxy) is 1. The molecule has 2 rings (SSSR count). The molecule has 4 heteroatoms. The lowest BCUT2D eigenvalue weighted by atomic mass is 10.0. The van der Waals surface area contributed by atoms with Crippen molar-refractivity contribution in [1.82, 2.24) is 5.32 Å². The van der Waals surface area contributed by atoms with E-state index in [2.05, 4.69) is 17.2 Å². The first-order valence-electron chi connectivity index (χ1n) is 7.31. The van der Waals surface area contributed by atoms with E-state index in [0.717, 1.165) is 18.4 Å². The van der Waals surface area contributed by atoms with E-state index in [1.807, 2.05) is 19.1 Å². The number of amides is 1. The topological polar surface area (TPSA) is 58.6 Å². The Morgan fingerprint density at radius 1 is 1.52 bits per heavy atom. The number of hydrogen-bond acceptors (Lipinski definition) is 3. The lowest BCUT2D eigenvalue weighted by molar-refractivity contribution is 0.0136. The summed E-state index contributed by atoms with van der Waals surface area (Å²) in [6.45, 7) is 2.77. The molecule has 1 amide bonds. The van der Waals surface area contributed by atoms with Gasteiger partial charge in [0, 0.05) is 30.2 Å². The van der Waals surface area contributed by atoms with Gasteiger partial charge in [0.2, 0.25) is 0 Å². The van der Waals surface area contributed by atoms with Gasteiger partial charge in [-0.05, 0) is 38.0 Å². The molecule has 1 aromatic rings. The zero-order chi connectivity index (χ0) is 15.1. The predicted molar refractivity (Wildman–Crippen MR) is 80.9 cm³/mol. The fourth-order valence-corrected chi connectivity index (χ4v) is 2.36. The van der Waals surface area contributed by atoms with E-state index in [4.69, 9.17) is 9.84 Å². The second kappa shape index (κ2) is 7.82. The zero-order valence-electron chi connectivity index (χ0n) is 12.3. The zero-order valence-corrected chi connectivity index (χ0v) is 12.3. The van der Waals surface area contributed by atoms with E-state index >= 15 is 0 Å². The van der Waals surface area contributed by atoms with Crippen LogP contribution in [0.5, 0.6) is 0 Å². The molecule has 1 aromatic carbocycles. The molecule has 21 heavy (non-hydrogen) atoms. The number of benzene rings is 1. The van der Waals surface area contributed by atoms with E-state index in [1.54, 1.807) is 12.1 Å². The van der Waals surface area contributed by atoms with Crippen LogP contribution in [0.25, 0.3) is 0 Å². The maximum atomic E-state index is 12.3. The van der Waals surface area contributed by atoms with Crippen molar-refractivity contribution in [2.24, 2.45) is 0 Å². The van der Waals surface area contributed by atoms with E-state index in [0.29, 0.717) is 18.6 Å². The molecule has 0 spiro atoms. The van der Waals surface area contributed by atoms with Gasteiger partial charge in [-0.25, -0.2) is 0 Å². The average molecular weight is 287 g/mol. The lowest BCUT2D eigenvalue weighted by Gasteiger charge is -2.27. The smallest absolute Gasteiger partial charge is 0.251 e. The molecule has 1 aliphatic rings. The van der Waals surface area contributed by atoms with Crippen molar-refractivity contribution in [3.63, 3.8) is 0 Å². The molecule has 0 radical (unpaired) electrons. The van der Waals surface area contributed by atoms with Crippen LogP contribution in [0, 0.1) is 11.8 Å². The maximum Gasteiger partial charge on any atom is 0.251 e. The molecular formula is C17H21NO3. The minimum atomic E-state index is -0.0695. The Kier molecular flexibility index (Phi) is 5.79. The second-order valence-corrected chi connectivity index (χ2v) is 5.23. The van der Waals surface area contributed by atoms with Crippen LogP contribution in [0.4, 0.5) is 0 Å². The highest BCUT2D eigenvalue weighted by atomic mass is 16.5. The van der Waals surface area contributed by atoms with Gasteiger partial charge in [0.05, 0.1) is 12.7 Å². The first kappa shape index (κ1) is 15.6. The first-order valence-corrected chi connectivity index (χ1v) is 7.31. The molecular weight excluding hydrogens is 266 g/mol. The van der Waals surface area contributed by atoms with Gasteiger partial charge in [0.25, 0.3) is 5.91 Å². The largest absolute Gasteiger partial charge is 0.395 e. The Hall–Kier alpha value is -1.83. The van der Waals surface area contributed by atoms with Gasteiger partial charge in [-0.3, -0.25) is 4.79 Å². The third-order valence-corrected chi connectivity index (χ3v) is 3.41. The summed E-state index contributed by atoms with van der Waals surface area (Å²) in [7, 11) is 0. The Bertz CT molecular complexity index is 544. The van der Waals surface area contributed by atoms with Crippen LogP contribution in [0.2, 0.25) is 0 Å². The van der Waals surface area contributed by atoms with Crippen LogP contribution in [0.1, 0.15) is 42.1 Å². The van der Waals surface area contributed by atoms with Gasteiger partial charge in [-0.1, -0.05) is 17.9 Å². The summed E-state index contributed by atoms with van der Waals surface area (Å²) >= 11 is 0. The summed E-state index contributed by atoms with van der Waals surface area (Å²) in [5.41, 5.74) is 1.40. The highest BCUT2D eigenvalue weighted by Gasteiger charge is 2.21. The highest BCUT2D eigenvalue weighted by molar-refractivity contribution is 5.94. The number of carbonyl (C=O) groups excluding carboxylic acids is 1. The molecule has 0 bridgehead atoms. The molecule has 1 heterocycles. The Labute approximate surface area is 125 Å². The molecule has 2 unspecified atom stereocenters. The molecule has 2 atom stereocenters. The summed E-state index contributed by atoms with van der Waals surface area (Å²) in [4.78, 5) is 12.3. The fraction of sp³-hybridized carbons (Fsp3) is 0.471. The first-order chi connectivity index (χ1) is 10.2. The molecule has 0 aromatic heterocycles. The van der Waals surface area contributed by atoms with Gasteiger partial charge >= 0.3 is 0 Å². The quantitative estimate of drug-likeness (QED) is 0.832. The fourth-order valence-electron chi connectivity index (χ4n) is 2.36. The number of aliphatic hydroxyl groups excluding tert-OH is 1. The number of aliphatic hydroxyl groups is 1. The van der Waals surface area contributed by atoms with Crippen molar-refractivity contribution in [3.05, 3.63) is 35.4 Å². The molecule has 0 aliphatic carbocycles. The Morgan fingerprint density at radius 2 is 2.38 bits per heavy atom. The average Bonchev–Trinajstić information content (AvgIpc) is 2.48. The molecule has 4 nitrogen and oxygen atoms in total. The van der Waals surface area contributed by atoms with Crippen molar-refractivity contribution >= 4 is 5.91 Å². The summed E-state index contributed by atoms with van der Waals surface area (Å²) in [6.07, 6.45) is 2.34. The van der Waals surface area contributed by atoms with E-state index in [9.17, 15) is 4.79 Å². The van der Waals surface area contributed by atoms with Crippen LogP contribution >= 0.6 is 0 Å². The van der Waals surface area contributed by atoms with Crippen LogP contribution < -0.4 is 5.32 Å². The van der Waals surface area contributed by atoms with Crippen LogP contribution in [0.3, 0.4) is 0 Å². The van der Waals surface area contributed by atoms with Gasteiger partial charge in [-0.2, -0.15) is 0 Å². The van der Waals surface area contributed by atoms with Crippen LogP contribution in [0.15, 0.2) is 24.3 Å². The standard InChI is InChI=1S/C17H21NO3/c1-13-11-16(8-10-21-13)18-17(20)15-7-4-6-14(12-15)5-2-3-9-19/h4,6-7,12-13,16,19H,3,8-11H2,1H3,(H,18,20). The van der Waals surface area contributed by atoms with Crippen molar-refractivity contribution in [2.75, 3.05) is 13.2 Å². The van der Waals surface area contributed by atoms with Crippen molar-refractivity contribution in [1.29, 1.82) is 0 Å². The highest BCUT2D eigenvalue weighted by Crippen LogP contribution is 2.14. The van der Waals surface area contributed by atoms with E-state index in [-0.39, 0.29) is 24.7 Å². The maximum absolute atomic E-state index is 12.3. The Balaban J connectivity index is 1.99. The summed E-state index contributed by atoms with van der Waals surface area (Å²) in [5, 5.41) is 11.8. The molecule has 1 fully saturated rings. The van der Waals surface area contributed by atoms with Crippen molar-refractivity contribution in [3.8, 4) is 11.8 Å². The second-order valence-electron chi connectivity index (χ2n) is 5.23. The summed E-state index contributed by atoms with van der Waals surface area (Å²) in [6, 6.07) is 7.42. The minimum Gasteiger partial charge on any atom is -0.395 e. The van der Waals surface area contributed by atoms with E-state index < -0.39 is 0 Å². The monoisotopic (exact) mass is 287 g/mol. The molecule has 1 saturated heterocycles. The third-order valence-electron chi connectivity index (χ3n) is 3.41. The van der Waals surface area contributed by atoms with Crippen LogP contribution in [-0.2, 0) is 4.74 Å². The number of hydrogen-bond donors (Lipinski definition) is 2. The molecule has 112 valence electrons. The molecule has 0 saturated carbocycles. The van der Waals surface area contributed by atoms with Gasteiger partial charge in [-0.15, -0.1) is 0 Å². The SMILES string of the molecule is CC1CC(NC(=O)c2cccc(C#CCCO)c2)CCO1. The molecule has 1 aliphatic heterocycles. The van der Waals surface area contributed by atoms with Crippen LogP contribution in [-0.4, -0.2) is 36.4 Å². The summed E-state index contributed by atoms with van der Waals surface area (Å²) in [5.74, 6) is 5.73.